The number of nitrogens with zero attached hydrogens (tertiary/aromatic N) is 3. The Bertz CT molecular complexity index is 533. The largest absolute Gasteiger partial charge is 0.396 e. The Morgan fingerprint density at radius 3 is 2.83 bits per heavy atom. The molecule has 0 saturated heterocycles. The molecule has 0 bridgehead atoms. The van der Waals surface area contributed by atoms with E-state index < -0.39 is 0 Å². The van der Waals surface area contributed by atoms with Gasteiger partial charge < -0.3 is 9.67 Å². The average Bonchev–Trinajstić information content (AvgIpc) is 2.80. The molecule has 0 unspecified atom stereocenters. The third-order valence-corrected chi connectivity index (χ3v) is 3.49. The zero-order valence-electron chi connectivity index (χ0n) is 10.3. The number of imidazole rings is 1. The molecule has 3 rings (SSSR count). The smallest absolute Gasteiger partial charge is 0.140 e. The van der Waals surface area contributed by atoms with Gasteiger partial charge in [0.05, 0.1) is 5.69 Å². The van der Waals surface area contributed by atoms with E-state index in [0.29, 0.717) is 6.42 Å². The predicted molar refractivity (Wildman–Crippen MR) is 69.2 cm³/mol. The highest BCUT2D eigenvalue weighted by Gasteiger charge is 2.20. The van der Waals surface area contributed by atoms with Crippen LogP contribution in [0, 0.1) is 0 Å². The van der Waals surface area contributed by atoms with Crippen LogP contribution in [0.5, 0.6) is 0 Å². The highest BCUT2D eigenvalue weighted by molar-refractivity contribution is 5.56. The van der Waals surface area contributed by atoms with Gasteiger partial charge in [-0.25, -0.2) is 4.98 Å². The van der Waals surface area contributed by atoms with Crippen molar-refractivity contribution in [3.63, 3.8) is 0 Å². The van der Waals surface area contributed by atoms with E-state index in [2.05, 4.69) is 9.55 Å². The van der Waals surface area contributed by atoms with E-state index in [9.17, 15) is 0 Å². The van der Waals surface area contributed by atoms with Crippen LogP contribution in [0.1, 0.15) is 24.2 Å². The fourth-order valence-electron chi connectivity index (χ4n) is 2.65. The van der Waals surface area contributed by atoms with Gasteiger partial charge in [-0.15, -0.1) is 0 Å². The normalized spacial score (nSPS) is 14.5. The van der Waals surface area contributed by atoms with Crippen LogP contribution in [-0.2, 0) is 19.4 Å². The van der Waals surface area contributed by atoms with Crippen molar-refractivity contribution in [1.82, 2.24) is 14.5 Å². The van der Waals surface area contributed by atoms with E-state index >= 15 is 0 Å². The zero-order valence-corrected chi connectivity index (χ0v) is 10.3. The second kappa shape index (κ2) is 4.90. The third-order valence-electron chi connectivity index (χ3n) is 3.49. The number of fused-ring (bicyclic) bond motifs is 1. The monoisotopic (exact) mass is 243 g/mol. The van der Waals surface area contributed by atoms with Gasteiger partial charge in [-0.2, -0.15) is 0 Å². The van der Waals surface area contributed by atoms with Crippen LogP contribution in [-0.4, -0.2) is 26.2 Å². The molecule has 18 heavy (non-hydrogen) atoms. The topological polar surface area (TPSA) is 50.9 Å². The van der Waals surface area contributed by atoms with Crippen LogP contribution in [0.3, 0.4) is 0 Å². The van der Waals surface area contributed by atoms with E-state index in [4.69, 9.17) is 10.1 Å². The van der Waals surface area contributed by atoms with Crippen LogP contribution in [0.2, 0.25) is 0 Å². The first-order chi connectivity index (χ1) is 8.90. The van der Waals surface area contributed by atoms with Crippen LogP contribution >= 0.6 is 0 Å². The molecular formula is C14H17N3O. The van der Waals surface area contributed by atoms with E-state index in [1.165, 1.54) is 18.5 Å². The second-order valence-electron chi connectivity index (χ2n) is 4.65. The van der Waals surface area contributed by atoms with Gasteiger partial charge in [-0.1, -0.05) is 0 Å². The minimum absolute atomic E-state index is 0.166. The number of rotatable bonds is 3. The van der Waals surface area contributed by atoms with Gasteiger partial charge in [0.1, 0.15) is 5.82 Å². The summed E-state index contributed by atoms with van der Waals surface area (Å²) >= 11 is 0. The lowest BCUT2D eigenvalue weighted by atomic mass is 10.1. The van der Waals surface area contributed by atoms with E-state index in [0.717, 1.165) is 30.0 Å². The summed E-state index contributed by atoms with van der Waals surface area (Å²) in [6.45, 7) is 1.20. The van der Waals surface area contributed by atoms with Crippen LogP contribution in [0.15, 0.2) is 24.5 Å². The highest BCUT2D eigenvalue weighted by atomic mass is 16.3. The van der Waals surface area contributed by atoms with Gasteiger partial charge in [0, 0.05) is 43.2 Å². The van der Waals surface area contributed by atoms with Crippen LogP contribution < -0.4 is 0 Å². The van der Waals surface area contributed by atoms with Gasteiger partial charge in [-0.05, 0) is 31.4 Å². The quantitative estimate of drug-likeness (QED) is 0.894. The lowest BCUT2D eigenvalue weighted by Gasteiger charge is -2.17. The summed E-state index contributed by atoms with van der Waals surface area (Å²) in [5, 5.41) is 9.14. The molecule has 0 amide bonds. The number of pyridine rings is 1. The molecule has 2 aromatic rings. The molecule has 4 heteroatoms. The third kappa shape index (κ3) is 1.93. The lowest BCUT2D eigenvalue weighted by Crippen LogP contribution is -2.12. The molecule has 0 radical (unpaired) electrons. The Morgan fingerprint density at radius 2 is 2.06 bits per heavy atom. The van der Waals surface area contributed by atoms with Gasteiger partial charge in [0.25, 0.3) is 0 Å². The molecule has 0 fully saturated rings. The van der Waals surface area contributed by atoms with E-state index in [1.54, 1.807) is 12.4 Å². The average molecular weight is 243 g/mol. The van der Waals surface area contributed by atoms with Crippen molar-refractivity contribution in [1.29, 1.82) is 0 Å². The van der Waals surface area contributed by atoms with Crippen molar-refractivity contribution in [2.45, 2.75) is 32.2 Å². The maximum atomic E-state index is 9.14. The maximum absolute atomic E-state index is 9.14. The zero-order chi connectivity index (χ0) is 12.4. The van der Waals surface area contributed by atoms with Gasteiger partial charge in [0.15, 0.2) is 0 Å². The molecule has 2 aromatic heterocycles. The summed E-state index contributed by atoms with van der Waals surface area (Å²) in [7, 11) is 0. The maximum Gasteiger partial charge on any atom is 0.140 e. The van der Waals surface area contributed by atoms with E-state index in [1.807, 2.05) is 12.1 Å². The number of hydrogen-bond donors (Lipinski definition) is 1. The van der Waals surface area contributed by atoms with Crippen molar-refractivity contribution in [2.75, 3.05) is 6.61 Å². The van der Waals surface area contributed by atoms with Crippen LogP contribution in [0.25, 0.3) is 11.4 Å². The molecule has 0 aromatic carbocycles. The molecule has 0 spiro atoms. The Hall–Kier alpha value is -1.68. The first kappa shape index (κ1) is 11.4. The van der Waals surface area contributed by atoms with Crippen molar-refractivity contribution in [2.24, 2.45) is 0 Å². The summed E-state index contributed by atoms with van der Waals surface area (Å²) in [6.07, 6.45) is 7.75. The molecule has 3 heterocycles. The Balaban J connectivity index is 2.09. The molecule has 94 valence electrons. The minimum atomic E-state index is 0.166. The highest BCUT2D eigenvalue weighted by Crippen LogP contribution is 2.27. The minimum Gasteiger partial charge on any atom is -0.396 e. The lowest BCUT2D eigenvalue weighted by molar-refractivity contribution is 0.297. The summed E-state index contributed by atoms with van der Waals surface area (Å²) < 4.78 is 2.31. The molecule has 0 atom stereocenters. The Morgan fingerprint density at radius 1 is 1.22 bits per heavy atom. The fraction of sp³-hybridized carbons (Fsp3) is 0.429. The summed E-state index contributed by atoms with van der Waals surface area (Å²) in [6, 6.07) is 3.99. The first-order valence-electron chi connectivity index (χ1n) is 6.49. The molecule has 1 aliphatic heterocycles. The molecule has 0 saturated carbocycles. The second-order valence-corrected chi connectivity index (χ2v) is 4.65. The Kier molecular flexibility index (Phi) is 3.11. The molecule has 1 aliphatic rings. The van der Waals surface area contributed by atoms with Gasteiger partial charge in [0.2, 0.25) is 0 Å². The molecule has 4 nitrogen and oxygen atoms in total. The molecule has 0 aliphatic carbocycles. The number of aliphatic hydroxyl groups is 1. The first-order valence-corrected chi connectivity index (χ1v) is 6.49. The number of aliphatic hydroxyl groups excluding tert-OH is 1. The fourth-order valence-corrected chi connectivity index (χ4v) is 2.65. The van der Waals surface area contributed by atoms with Gasteiger partial charge >= 0.3 is 0 Å². The van der Waals surface area contributed by atoms with Crippen molar-refractivity contribution < 1.29 is 5.11 Å². The number of hydrogen-bond acceptors (Lipinski definition) is 3. The predicted octanol–water partition coefficient (Wildman–Crippen LogP) is 1.82. The molecular weight excluding hydrogens is 226 g/mol. The summed E-state index contributed by atoms with van der Waals surface area (Å²) in [5.41, 5.74) is 3.48. The Labute approximate surface area is 106 Å². The van der Waals surface area contributed by atoms with Crippen molar-refractivity contribution >= 4 is 0 Å². The SMILES string of the molecule is OCCc1nc(-c2ccncc2)n2c1CCCC2. The number of aromatic nitrogens is 3. The van der Waals surface area contributed by atoms with Gasteiger partial charge in [-0.3, -0.25) is 4.98 Å². The summed E-state index contributed by atoms with van der Waals surface area (Å²) in [5.74, 6) is 1.02. The van der Waals surface area contributed by atoms with Crippen LogP contribution in [0.4, 0.5) is 0 Å². The van der Waals surface area contributed by atoms with Crippen molar-refractivity contribution in [3.05, 3.63) is 35.9 Å². The molecule has 1 N–H and O–H groups in total. The van der Waals surface area contributed by atoms with Crippen molar-refractivity contribution in [3.8, 4) is 11.4 Å². The standard InChI is InChI=1S/C14H17N3O/c18-10-6-12-13-3-1-2-9-17(13)14(16-12)11-4-7-15-8-5-11/h4-5,7-8,18H,1-3,6,9-10H2. The summed E-state index contributed by atoms with van der Waals surface area (Å²) in [4.78, 5) is 8.78. The van der Waals surface area contributed by atoms with E-state index in [-0.39, 0.29) is 6.61 Å².